The van der Waals surface area contributed by atoms with Crippen LogP contribution in [0, 0.1) is 0 Å². The largest absolute Gasteiger partial charge is 0.416 e. The van der Waals surface area contributed by atoms with E-state index in [0.717, 1.165) is 24.1 Å². The first-order chi connectivity index (χ1) is 9.99. The highest BCUT2D eigenvalue weighted by atomic mass is 19.4. The molecule has 0 radical (unpaired) electrons. The molecule has 1 N–H and O–H groups in total. The third-order valence-corrected chi connectivity index (χ3v) is 2.90. The fourth-order valence-corrected chi connectivity index (χ4v) is 1.90. The Labute approximate surface area is 121 Å². The number of nitrogens with zero attached hydrogens (tertiary/aromatic N) is 2. The maximum Gasteiger partial charge on any atom is 0.416 e. The van der Waals surface area contributed by atoms with Crippen molar-refractivity contribution in [1.82, 2.24) is 9.97 Å². The lowest BCUT2D eigenvalue weighted by Crippen LogP contribution is -2.10. The molecule has 0 saturated carbocycles. The normalized spacial score (nSPS) is 11.4. The number of halogens is 3. The fourth-order valence-electron chi connectivity index (χ4n) is 1.90. The van der Waals surface area contributed by atoms with Crippen LogP contribution >= 0.6 is 0 Å². The molecule has 2 aromatic heterocycles. The van der Waals surface area contributed by atoms with Gasteiger partial charge >= 0.3 is 6.18 Å². The van der Waals surface area contributed by atoms with Crippen molar-refractivity contribution >= 4 is 5.82 Å². The van der Waals surface area contributed by atoms with Gasteiger partial charge in [0.05, 0.1) is 5.56 Å². The van der Waals surface area contributed by atoms with Gasteiger partial charge in [-0.3, -0.25) is 4.98 Å². The summed E-state index contributed by atoms with van der Waals surface area (Å²) in [5.74, 6) is 0.260. The van der Waals surface area contributed by atoms with Gasteiger partial charge in [-0.2, -0.15) is 13.2 Å². The number of rotatable bonds is 5. The van der Waals surface area contributed by atoms with E-state index in [1.165, 1.54) is 0 Å². The zero-order valence-corrected chi connectivity index (χ0v) is 11.6. The highest BCUT2D eigenvalue weighted by Crippen LogP contribution is 2.31. The number of hydrogen-bond acceptors (Lipinski definition) is 3. The molecule has 3 nitrogen and oxygen atoms in total. The zero-order chi connectivity index (χ0) is 15.3. The average molecular weight is 295 g/mol. The first-order valence-corrected chi connectivity index (χ1v) is 6.70. The lowest BCUT2D eigenvalue weighted by atomic mass is 10.1. The summed E-state index contributed by atoms with van der Waals surface area (Å²) in [5.41, 5.74) is 0.577. The lowest BCUT2D eigenvalue weighted by molar-refractivity contribution is -0.137. The van der Waals surface area contributed by atoms with E-state index in [1.807, 2.05) is 6.92 Å². The van der Waals surface area contributed by atoms with Gasteiger partial charge in [0.15, 0.2) is 0 Å². The van der Waals surface area contributed by atoms with Crippen molar-refractivity contribution in [2.45, 2.75) is 25.9 Å². The Morgan fingerprint density at radius 2 is 1.86 bits per heavy atom. The minimum atomic E-state index is -4.38. The van der Waals surface area contributed by atoms with Gasteiger partial charge in [-0.1, -0.05) is 6.92 Å². The van der Waals surface area contributed by atoms with Crippen LogP contribution < -0.4 is 5.32 Å². The van der Waals surface area contributed by atoms with Gasteiger partial charge in [-0.05, 0) is 36.2 Å². The Morgan fingerprint density at radius 3 is 2.48 bits per heavy atom. The Morgan fingerprint density at radius 1 is 1.14 bits per heavy atom. The van der Waals surface area contributed by atoms with Crippen molar-refractivity contribution in [3.8, 4) is 0 Å². The highest BCUT2D eigenvalue weighted by molar-refractivity contribution is 5.41. The van der Waals surface area contributed by atoms with Crippen molar-refractivity contribution in [3.63, 3.8) is 0 Å². The molecule has 0 spiro atoms. The minimum absolute atomic E-state index is 0.260. The van der Waals surface area contributed by atoms with E-state index in [2.05, 4.69) is 15.3 Å². The quantitative estimate of drug-likeness (QED) is 0.909. The van der Waals surface area contributed by atoms with Crippen LogP contribution in [0.5, 0.6) is 0 Å². The van der Waals surface area contributed by atoms with Crippen LogP contribution in [-0.4, -0.2) is 16.5 Å². The summed E-state index contributed by atoms with van der Waals surface area (Å²) in [5, 5.41) is 2.91. The number of pyridine rings is 2. The first kappa shape index (κ1) is 15.3. The monoisotopic (exact) mass is 295 g/mol. The molecular weight excluding hydrogens is 279 g/mol. The zero-order valence-electron chi connectivity index (χ0n) is 11.6. The number of aromatic nitrogens is 2. The van der Waals surface area contributed by atoms with E-state index in [-0.39, 0.29) is 5.82 Å². The molecule has 0 amide bonds. The molecule has 0 bridgehead atoms. The predicted octanol–water partition coefficient (Wildman–Crippen LogP) is 3.91. The SMILES string of the molecule is CCCNc1cc(C(F)(F)F)cc(Cc2ccncc2)n1. The molecular formula is C15H16F3N3. The van der Waals surface area contributed by atoms with Crippen LogP contribution in [0.15, 0.2) is 36.7 Å². The second kappa shape index (κ2) is 6.56. The maximum atomic E-state index is 12.9. The standard InChI is InChI=1S/C15H16F3N3/c1-2-5-20-14-10-12(15(16,17)18)9-13(21-14)8-11-3-6-19-7-4-11/h3-4,6-7,9-10H,2,5,8H2,1H3,(H,20,21). The molecule has 2 heterocycles. The van der Waals surface area contributed by atoms with E-state index in [0.29, 0.717) is 18.7 Å². The molecule has 0 atom stereocenters. The van der Waals surface area contributed by atoms with Gasteiger partial charge in [0.25, 0.3) is 0 Å². The van der Waals surface area contributed by atoms with Crippen LogP contribution in [-0.2, 0) is 12.6 Å². The maximum absolute atomic E-state index is 12.9. The van der Waals surface area contributed by atoms with E-state index >= 15 is 0 Å². The summed E-state index contributed by atoms with van der Waals surface area (Å²) in [6, 6.07) is 5.67. The van der Waals surface area contributed by atoms with Gasteiger partial charge in [0.1, 0.15) is 5.82 Å². The fraction of sp³-hybridized carbons (Fsp3) is 0.333. The molecule has 21 heavy (non-hydrogen) atoms. The highest BCUT2D eigenvalue weighted by Gasteiger charge is 2.31. The van der Waals surface area contributed by atoms with Crippen LogP contribution in [0.1, 0.15) is 30.2 Å². The summed E-state index contributed by atoms with van der Waals surface area (Å²) in [4.78, 5) is 8.14. The van der Waals surface area contributed by atoms with Crippen LogP contribution in [0.2, 0.25) is 0 Å². The summed E-state index contributed by atoms with van der Waals surface area (Å²) in [6.07, 6.45) is 0.00180. The van der Waals surface area contributed by atoms with E-state index < -0.39 is 11.7 Å². The van der Waals surface area contributed by atoms with Crippen molar-refractivity contribution in [2.75, 3.05) is 11.9 Å². The molecule has 2 aromatic rings. The number of alkyl halides is 3. The molecule has 0 fully saturated rings. The van der Waals surface area contributed by atoms with Crippen molar-refractivity contribution in [3.05, 3.63) is 53.5 Å². The van der Waals surface area contributed by atoms with Gasteiger partial charge in [-0.25, -0.2) is 4.98 Å². The number of nitrogens with one attached hydrogen (secondary N) is 1. The Bertz CT molecular complexity index is 582. The average Bonchev–Trinajstić information content (AvgIpc) is 2.45. The van der Waals surface area contributed by atoms with Crippen LogP contribution in [0.25, 0.3) is 0 Å². The second-order valence-electron chi connectivity index (χ2n) is 4.69. The predicted molar refractivity (Wildman–Crippen MR) is 75.1 cm³/mol. The van der Waals surface area contributed by atoms with E-state index in [4.69, 9.17) is 0 Å². The lowest BCUT2D eigenvalue weighted by Gasteiger charge is -2.12. The van der Waals surface area contributed by atoms with E-state index in [1.54, 1.807) is 24.5 Å². The molecule has 6 heteroatoms. The Balaban J connectivity index is 2.30. The number of hydrogen-bond donors (Lipinski definition) is 1. The molecule has 0 aliphatic heterocycles. The third-order valence-electron chi connectivity index (χ3n) is 2.90. The van der Waals surface area contributed by atoms with Gasteiger partial charge in [0.2, 0.25) is 0 Å². The molecule has 0 aromatic carbocycles. The Hall–Kier alpha value is -2.11. The van der Waals surface area contributed by atoms with Crippen molar-refractivity contribution < 1.29 is 13.2 Å². The van der Waals surface area contributed by atoms with Crippen molar-refractivity contribution in [1.29, 1.82) is 0 Å². The Kier molecular flexibility index (Phi) is 4.77. The molecule has 0 aliphatic rings. The van der Waals surface area contributed by atoms with Gasteiger partial charge < -0.3 is 5.32 Å². The summed E-state index contributed by atoms with van der Waals surface area (Å²) >= 11 is 0. The van der Waals surface area contributed by atoms with Gasteiger partial charge in [0, 0.05) is 31.1 Å². The molecule has 112 valence electrons. The van der Waals surface area contributed by atoms with Crippen molar-refractivity contribution in [2.24, 2.45) is 0 Å². The summed E-state index contributed by atoms with van der Waals surface area (Å²) in [7, 11) is 0. The summed E-state index contributed by atoms with van der Waals surface area (Å²) in [6.45, 7) is 2.53. The smallest absolute Gasteiger partial charge is 0.370 e. The second-order valence-corrected chi connectivity index (χ2v) is 4.69. The molecule has 0 unspecified atom stereocenters. The van der Waals surface area contributed by atoms with Crippen LogP contribution in [0.3, 0.4) is 0 Å². The van der Waals surface area contributed by atoms with Gasteiger partial charge in [-0.15, -0.1) is 0 Å². The number of anilines is 1. The van der Waals surface area contributed by atoms with Crippen LogP contribution in [0.4, 0.5) is 19.0 Å². The van der Waals surface area contributed by atoms with E-state index in [9.17, 15) is 13.2 Å². The topological polar surface area (TPSA) is 37.8 Å². The molecule has 0 aliphatic carbocycles. The molecule has 2 rings (SSSR count). The third kappa shape index (κ3) is 4.44. The molecule has 0 saturated heterocycles. The minimum Gasteiger partial charge on any atom is -0.370 e. The first-order valence-electron chi connectivity index (χ1n) is 6.70. The summed E-state index contributed by atoms with van der Waals surface area (Å²) < 4.78 is 38.8.